The molecule has 0 aliphatic carbocycles. The zero-order valence-electron chi connectivity index (χ0n) is 9.41. The molecule has 2 N–H and O–H groups in total. The first-order valence-electron chi connectivity index (χ1n) is 5.38. The standard InChI is InChI=1S/C12H10N4OS/c13-9-4-2-1-3-8(9)5-11-15-12(16-17-11)10-6-14-7-18-10/h1-4,6-7H,5,13H2. The zero-order valence-corrected chi connectivity index (χ0v) is 10.2. The van der Waals surface area contributed by atoms with Crippen molar-refractivity contribution in [3.8, 4) is 10.7 Å². The first-order chi connectivity index (χ1) is 8.83. The van der Waals surface area contributed by atoms with Crippen LogP contribution < -0.4 is 5.73 Å². The second kappa shape index (κ2) is 4.58. The molecule has 2 aromatic heterocycles. The van der Waals surface area contributed by atoms with Gasteiger partial charge >= 0.3 is 0 Å². The minimum absolute atomic E-state index is 0.540. The van der Waals surface area contributed by atoms with Gasteiger partial charge in [0.15, 0.2) is 0 Å². The summed E-state index contributed by atoms with van der Waals surface area (Å²) in [6.07, 6.45) is 2.26. The number of hydrogen-bond acceptors (Lipinski definition) is 6. The number of anilines is 1. The highest BCUT2D eigenvalue weighted by Crippen LogP contribution is 2.21. The fraction of sp³-hybridized carbons (Fsp3) is 0.0833. The van der Waals surface area contributed by atoms with E-state index in [-0.39, 0.29) is 0 Å². The summed E-state index contributed by atoms with van der Waals surface area (Å²) >= 11 is 1.48. The van der Waals surface area contributed by atoms with Gasteiger partial charge in [0.05, 0.1) is 16.8 Å². The number of nitrogen functional groups attached to an aromatic ring is 1. The molecule has 1 aromatic carbocycles. The minimum Gasteiger partial charge on any atom is -0.398 e. The van der Waals surface area contributed by atoms with Gasteiger partial charge in [0, 0.05) is 11.9 Å². The molecule has 0 radical (unpaired) electrons. The maximum Gasteiger partial charge on any atom is 0.231 e. The Morgan fingerprint density at radius 3 is 2.94 bits per heavy atom. The summed E-state index contributed by atoms with van der Waals surface area (Å²) in [5.41, 5.74) is 9.32. The lowest BCUT2D eigenvalue weighted by molar-refractivity contribution is 0.386. The lowest BCUT2D eigenvalue weighted by Gasteiger charge is -2.00. The van der Waals surface area contributed by atoms with E-state index in [0.717, 1.165) is 16.1 Å². The first kappa shape index (κ1) is 10.9. The van der Waals surface area contributed by atoms with Gasteiger partial charge in [-0.2, -0.15) is 4.98 Å². The van der Waals surface area contributed by atoms with Crippen molar-refractivity contribution in [3.63, 3.8) is 0 Å². The molecule has 0 fully saturated rings. The third-order valence-corrected chi connectivity index (χ3v) is 3.29. The Morgan fingerprint density at radius 2 is 2.17 bits per heavy atom. The van der Waals surface area contributed by atoms with E-state index in [9.17, 15) is 0 Å². The highest BCUT2D eigenvalue weighted by atomic mass is 32.1. The molecular formula is C12H10N4OS. The highest BCUT2D eigenvalue weighted by Gasteiger charge is 2.11. The van der Waals surface area contributed by atoms with Crippen molar-refractivity contribution >= 4 is 17.0 Å². The quantitative estimate of drug-likeness (QED) is 0.730. The Morgan fingerprint density at radius 1 is 1.28 bits per heavy atom. The van der Waals surface area contributed by atoms with Crippen molar-refractivity contribution in [1.29, 1.82) is 0 Å². The maximum absolute atomic E-state index is 5.87. The number of aromatic nitrogens is 3. The van der Waals surface area contributed by atoms with Crippen LogP contribution in [-0.4, -0.2) is 15.1 Å². The molecule has 0 amide bonds. The van der Waals surface area contributed by atoms with Crippen LogP contribution in [0.2, 0.25) is 0 Å². The number of benzene rings is 1. The highest BCUT2D eigenvalue weighted by molar-refractivity contribution is 7.13. The number of thiazole rings is 1. The molecule has 0 unspecified atom stereocenters. The summed E-state index contributed by atoms with van der Waals surface area (Å²) in [4.78, 5) is 9.20. The molecule has 2 heterocycles. The summed E-state index contributed by atoms with van der Waals surface area (Å²) in [5.74, 6) is 1.12. The number of nitrogens with two attached hydrogens (primary N) is 1. The first-order valence-corrected chi connectivity index (χ1v) is 6.26. The lowest BCUT2D eigenvalue weighted by Crippen LogP contribution is -1.95. The van der Waals surface area contributed by atoms with Crippen LogP contribution in [0.15, 0.2) is 40.5 Å². The van der Waals surface area contributed by atoms with Crippen molar-refractivity contribution in [3.05, 3.63) is 47.4 Å². The van der Waals surface area contributed by atoms with Crippen molar-refractivity contribution in [2.75, 3.05) is 5.73 Å². The summed E-state index contributed by atoms with van der Waals surface area (Å²) in [5, 5.41) is 3.93. The molecule has 90 valence electrons. The topological polar surface area (TPSA) is 77.8 Å². The molecule has 0 spiro atoms. The number of hydrogen-bond donors (Lipinski definition) is 1. The molecule has 3 rings (SSSR count). The number of rotatable bonds is 3. The third-order valence-electron chi connectivity index (χ3n) is 2.52. The SMILES string of the molecule is Nc1ccccc1Cc1nc(-c2cncs2)no1. The molecule has 0 aliphatic heterocycles. The van der Waals surface area contributed by atoms with E-state index in [1.165, 1.54) is 11.3 Å². The normalized spacial score (nSPS) is 10.7. The van der Waals surface area contributed by atoms with Crippen molar-refractivity contribution in [2.45, 2.75) is 6.42 Å². The largest absolute Gasteiger partial charge is 0.398 e. The summed E-state index contributed by atoms with van der Waals surface area (Å²) in [6.45, 7) is 0. The Hall–Kier alpha value is -2.21. The predicted octanol–water partition coefficient (Wildman–Crippen LogP) is 2.37. The van der Waals surface area contributed by atoms with E-state index in [1.807, 2.05) is 24.3 Å². The van der Waals surface area contributed by atoms with Gasteiger partial charge in [0.1, 0.15) is 0 Å². The van der Waals surface area contributed by atoms with Gasteiger partial charge in [-0.1, -0.05) is 23.4 Å². The van der Waals surface area contributed by atoms with Crippen LogP contribution in [0.3, 0.4) is 0 Å². The minimum atomic E-state index is 0.540. The Bertz CT molecular complexity index is 648. The van der Waals surface area contributed by atoms with Gasteiger partial charge in [-0.25, -0.2) is 0 Å². The molecule has 0 saturated heterocycles. The molecule has 3 aromatic rings. The Balaban J connectivity index is 1.85. The summed E-state index contributed by atoms with van der Waals surface area (Å²) in [6, 6.07) is 7.64. The molecule has 5 nitrogen and oxygen atoms in total. The van der Waals surface area contributed by atoms with Gasteiger partial charge in [-0.3, -0.25) is 4.98 Å². The number of para-hydroxylation sites is 1. The average molecular weight is 258 g/mol. The fourth-order valence-electron chi connectivity index (χ4n) is 1.61. The van der Waals surface area contributed by atoms with E-state index in [1.54, 1.807) is 11.7 Å². The van der Waals surface area contributed by atoms with E-state index in [4.69, 9.17) is 10.3 Å². The molecule has 18 heavy (non-hydrogen) atoms. The Kier molecular flexibility index (Phi) is 2.77. The maximum atomic E-state index is 5.87. The van der Waals surface area contributed by atoms with E-state index in [2.05, 4.69) is 15.1 Å². The number of nitrogens with zero attached hydrogens (tertiary/aromatic N) is 3. The second-order valence-corrected chi connectivity index (χ2v) is 4.64. The second-order valence-electron chi connectivity index (χ2n) is 3.75. The molecule has 0 saturated carbocycles. The lowest BCUT2D eigenvalue weighted by atomic mass is 10.1. The van der Waals surface area contributed by atoms with Crippen LogP contribution in [0.25, 0.3) is 10.7 Å². The van der Waals surface area contributed by atoms with Gasteiger partial charge < -0.3 is 10.3 Å². The molecular weight excluding hydrogens is 248 g/mol. The predicted molar refractivity (Wildman–Crippen MR) is 69.1 cm³/mol. The van der Waals surface area contributed by atoms with Crippen LogP contribution in [-0.2, 0) is 6.42 Å². The van der Waals surface area contributed by atoms with Gasteiger partial charge in [-0.05, 0) is 11.6 Å². The molecule has 0 atom stereocenters. The van der Waals surface area contributed by atoms with E-state index >= 15 is 0 Å². The van der Waals surface area contributed by atoms with E-state index < -0.39 is 0 Å². The van der Waals surface area contributed by atoms with Crippen molar-refractivity contribution in [2.24, 2.45) is 0 Å². The van der Waals surface area contributed by atoms with Crippen LogP contribution in [0, 0.1) is 0 Å². The zero-order chi connectivity index (χ0) is 12.4. The summed E-state index contributed by atoms with van der Waals surface area (Å²) in [7, 11) is 0. The summed E-state index contributed by atoms with van der Waals surface area (Å²) < 4.78 is 5.21. The van der Waals surface area contributed by atoms with Crippen LogP contribution in [0.4, 0.5) is 5.69 Å². The monoisotopic (exact) mass is 258 g/mol. The Labute approximate surface area is 107 Å². The van der Waals surface area contributed by atoms with Crippen LogP contribution >= 0.6 is 11.3 Å². The smallest absolute Gasteiger partial charge is 0.231 e. The fourth-order valence-corrected chi connectivity index (χ4v) is 2.16. The van der Waals surface area contributed by atoms with Crippen molar-refractivity contribution < 1.29 is 4.52 Å². The van der Waals surface area contributed by atoms with E-state index in [0.29, 0.717) is 18.1 Å². The average Bonchev–Trinajstić information content (AvgIpc) is 3.02. The van der Waals surface area contributed by atoms with Crippen LogP contribution in [0.1, 0.15) is 11.5 Å². The third kappa shape index (κ3) is 2.10. The molecule has 0 aliphatic rings. The molecule has 6 heteroatoms. The van der Waals surface area contributed by atoms with Gasteiger partial charge in [-0.15, -0.1) is 11.3 Å². The van der Waals surface area contributed by atoms with Gasteiger partial charge in [0.2, 0.25) is 11.7 Å². The van der Waals surface area contributed by atoms with Gasteiger partial charge in [0.25, 0.3) is 0 Å². The van der Waals surface area contributed by atoms with Crippen molar-refractivity contribution in [1.82, 2.24) is 15.1 Å². The van der Waals surface area contributed by atoms with Crippen LogP contribution in [0.5, 0.6) is 0 Å². The molecule has 0 bridgehead atoms.